The average Bonchev–Trinajstić information content (AvgIpc) is 2.81. The van der Waals surface area contributed by atoms with Gasteiger partial charge >= 0.3 is 0 Å². The maximum atomic E-state index is 7.55. The van der Waals surface area contributed by atoms with Crippen LogP contribution in [0.15, 0.2) is 29.8 Å². The molecule has 0 aliphatic heterocycles. The predicted octanol–water partition coefficient (Wildman–Crippen LogP) is 2.36. The van der Waals surface area contributed by atoms with E-state index in [1.165, 1.54) is 4.88 Å². The zero-order valence-electron chi connectivity index (χ0n) is 10.1. The molecule has 0 spiro atoms. The molecular weight excluding hydrogens is 246 g/mol. The van der Waals surface area contributed by atoms with Crippen LogP contribution < -0.4 is 10.5 Å². The Balaban J connectivity index is 2.05. The number of ether oxygens (including phenoxy) is 1. The van der Waals surface area contributed by atoms with E-state index >= 15 is 0 Å². The van der Waals surface area contributed by atoms with Gasteiger partial charge in [0.15, 0.2) is 0 Å². The van der Waals surface area contributed by atoms with Gasteiger partial charge in [-0.3, -0.25) is 5.41 Å². The molecule has 2 rings (SSSR count). The SMILES string of the molecule is Cc1ccnc(OCCc2cccs2)c1C(=N)N. The first-order valence-corrected chi connectivity index (χ1v) is 6.51. The number of nitrogens with zero attached hydrogens (tertiary/aromatic N) is 1. The number of aromatic nitrogens is 1. The van der Waals surface area contributed by atoms with Gasteiger partial charge in [0.25, 0.3) is 0 Å². The third-order valence-corrected chi connectivity index (χ3v) is 3.50. The van der Waals surface area contributed by atoms with Crippen LogP contribution in [0.1, 0.15) is 16.0 Å². The minimum Gasteiger partial charge on any atom is -0.477 e. The molecule has 2 aromatic heterocycles. The average molecular weight is 261 g/mol. The van der Waals surface area contributed by atoms with Crippen molar-refractivity contribution in [2.24, 2.45) is 5.73 Å². The summed E-state index contributed by atoms with van der Waals surface area (Å²) in [4.78, 5) is 5.41. The number of amidine groups is 1. The van der Waals surface area contributed by atoms with Crippen LogP contribution in [0, 0.1) is 12.3 Å². The van der Waals surface area contributed by atoms with Gasteiger partial charge in [-0.15, -0.1) is 11.3 Å². The van der Waals surface area contributed by atoms with Crippen molar-refractivity contribution in [1.29, 1.82) is 5.41 Å². The van der Waals surface area contributed by atoms with Gasteiger partial charge in [0.1, 0.15) is 5.84 Å². The number of aryl methyl sites for hydroxylation is 1. The second-order valence-corrected chi connectivity index (χ2v) is 4.93. The summed E-state index contributed by atoms with van der Waals surface area (Å²) >= 11 is 1.70. The van der Waals surface area contributed by atoms with Crippen LogP contribution in [-0.4, -0.2) is 17.4 Å². The summed E-state index contributed by atoms with van der Waals surface area (Å²) in [6.07, 6.45) is 2.51. The number of nitrogen functional groups attached to an aromatic ring is 1. The van der Waals surface area contributed by atoms with E-state index in [1.54, 1.807) is 17.5 Å². The fraction of sp³-hybridized carbons (Fsp3) is 0.231. The second-order valence-electron chi connectivity index (χ2n) is 3.90. The van der Waals surface area contributed by atoms with E-state index in [2.05, 4.69) is 11.1 Å². The molecule has 0 unspecified atom stereocenters. The molecule has 0 bridgehead atoms. The Morgan fingerprint density at radius 1 is 1.50 bits per heavy atom. The van der Waals surface area contributed by atoms with Crippen molar-refractivity contribution < 1.29 is 4.74 Å². The molecule has 2 heterocycles. The summed E-state index contributed by atoms with van der Waals surface area (Å²) in [5.74, 6) is 0.436. The molecule has 5 heteroatoms. The lowest BCUT2D eigenvalue weighted by molar-refractivity contribution is 0.309. The van der Waals surface area contributed by atoms with Crippen molar-refractivity contribution in [3.63, 3.8) is 0 Å². The zero-order chi connectivity index (χ0) is 13.0. The molecule has 94 valence electrons. The number of nitrogens with one attached hydrogen (secondary N) is 1. The van der Waals surface area contributed by atoms with Crippen LogP contribution in [-0.2, 0) is 6.42 Å². The molecule has 18 heavy (non-hydrogen) atoms. The number of hydrogen-bond acceptors (Lipinski definition) is 4. The first kappa shape index (κ1) is 12.6. The first-order chi connectivity index (χ1) is 8.68. The molecule has 0 amide bonds. The molecule has 3 N–H and O–H groups in total. The number of thiophene rings is 1. The van der Waals surface area contributed by atoms with Crippen molar-refractivity contribution in [3.8, 4) is 5.88 Å². The molecule has 0 aliphatic rings. The molecule has 4 nitrogen and oxygen atoms in total. The molecule has 0 aliphatic carbocycles. The Morgan fingerprint density at radius 3 is 3.00 bits per heavy atom. The fourth-order valence-corrected chi connectivity index (χ4v) is 2.36. The molecule has 0 saturated carbocycles. The fourth-order valence-electron chi connectivity index (χ4n) is 1.67. The van der Waals surface area contributed by atoms with Crippen LogP contribution in [0.25, 0.3) is 0 Å². The van der Waals surface area contributed by atoms with E-state index in [4.69, 9.17) is 15.9 Å². The summed E-state index contributed by atoms with van der Waals surface area (Å²) < 4.78 is 5.63. The summed E-state index contributed by atoms with van der Waals surface area (Å²) in [5, 5.41) is 9.59. The van der Waals surface area contributed by atoms with E-state index in [1.807, 2.05) is 24.4 Å². The molecule has 0 aromatic carbocycles. The summed E-state index contributed by atoms with van der Waals surface area (Å²) in [7, 11) is 0. The minimum atomic E-state index is -0.00766. The lowest BCUT2D eigenvalue weighted by Crippen LogP contribution is -2.16. The Kier molecular flexibility index (Phi) is 3.94. The van der Waals surface area contributed by atoms with Crippen LogP contribution in [0.3, 0.4) is 0 Å². The van der Waals surface area contributed by atoms with Crippen LogP contribution in [0.5, 0.6) is 5.88 Å². The monoisotopic (exact) mass is 261 g/mol. The van der Waals surface area contributed by atoms with Crippen molar-refractivity contribution in [1.82, 2.24) is 4.98 Å². The standard InChI is InChI=1S/C13H15N3OS/c1-9-4-6-16-13(11(9)12(14)15)17-7-5-10-3-2-8-18-10/h2-4,6,8H,5,7H2,1H3,(H3,14,15). The largest absolute Gasteiger partial charge is 0.477 e. The Hall–Kier alpha value is -1.88. The third kappa shape index (κ3) is 2.87. The van der Waals surface area contributed by atoms with E-state index in [-0.39, 0.29) is 5.84 Å². The lowest BCUT2D eigenvalue weighted by Gasteiger charge is -2.10. The number of hydrogen-bond donors (Lipinski definition) is 2. The Bertz CT molecular complexity index is 537. The van der Waals surface area contributed by atoms with Gasteiger partial charge in [-0.05, 0) is 30.0 Å². The predicted molar refractivity (Wildman–Crippen MR) is 73.5 cm³/mol. The Morgan fingerprint density at radius 2 is 2.33 bits per heavy atom. The summed E-state index contributed by atoms with van der Waals surface area (Å²) in [6, 6.07) is 5.92. The highest BCUT2D eigenvalue weighted by Gasteiger charge is 2.11. The Labute approximate surface area is 110 Å². The van der Waals surface area contributed by atoms with Crippen LogP contribution in [0.2, 0.25) is 0 Å². The van der Waals surface area contributed by atoms with Crippen molar-refractivity contribution in [3.05, 3.63) is 45.8 Å². The van der Waals surface area contributed by atoms with Gasteiger partial charge in [-0.1, -0.05) is 6.07 Å². The molecule has 2 aromatic rings. The highest BCUT2D eigenvalue weighted by atomic mass is 32.1. The van der Waals surface area contributed by atoms with Gasteiger partial charge in [-0.25, -0.2) is 4.98 Å². The first-order valence-electron chi connectivity index (χ1n) is 5.63. The summed E-state index contributed by atoms with van der Waals surface area (Å²) in [6.45, 7) is 2.43. The molecule has 0 fully saturated rings. The highest BCUT2D eigenvalue weighted by molar-refractivity contribution is 7.09. The van der Waals surface area contributed by atoms with Crippen LogP contribution in [0.4, 0.5) is 0 Å². The zero-order valence-corrected chi connectivity index (χ0v) is 11.0. The van der Waals surface area contributed by atoms with E-state index in [9.17, 15) is 0 Å². The van der Waals surface area contributed by atoms with E-state index in [0.29, 0.717) is 18.1 Å². The maximum Gasteiger partial charge on any atom is 0.224 e. The molecule has 0 radical (unpaired) electrons. The number of rotatable bonds is 5. The van der Waals surface area contributed by atoms with Gasteiger partial charge in [0, 0.05) is 17.5 Å². The van der Waals surface area contributed by atoms with E-state index in [0.717, 1.165) is 12.0 Å². The minimum absolute atomic E-state index is 0.00766. The maximum absolute atomic E-state index is 7.55. The normalized spacial score (nSPS) is 10.3. The lowest BCUT2D eigenvalue weighted by atomic mass is 10.1. The number of nitrogens with two attached hydrogens (primary N) is 1. The second kappa shape index (κ2) is 5.64. The van der Waals surface area contributed by atoms with Crippen molar-refractivity contribution >= 4 is 17.2 Å². The van der Waals surface area contributed by atoms with Gasteiger partial charge in [0.05, 0.1) is 12.2 Å². The third-order valence-electron chi connectivity index (χ3n) is 2.56. The molecule has 0 saturated heterocycles. The smallest absolute Gasteiger partial charge is 0.224 e. The van der Waals surface area contributed by atoms with Crippen LogP contribution >= 0.6 is 11.3 Å². The van der Waals surface area contributed by atoms with Gasteiger partial charge < -0.3 is 10.5 Å². The summed E-state index contributed by atoms with van der Waals surface area (Å²) in [5.41, 5.74) is 7.04. The van der Waals surface area contributed by atoms with Crippen molar-refractivity contribution in [2.75, 3.05) is 6.61 Å². The number of pyridine rings is 1. The van der Waals surface area contributed by atoms with Gasteiger partial charge in [0.2, 0.25) is 5.88 Å². The van der Waals surface area contributed by atoms with Gasteiger partial charge in [-0.2, -0.15) is 0 Å². The topological polar surface area (TPSA) is 72.0 Å². The quantitative estimate of drug-likeness (QED) is 0.641. The van der Waals surface area contributed by atoms with Crippen molar-refractivity contribution in [2.45, 2.75) is 13.3 Å². The molecule has 0 atom stereocenters. The highest BCUT2D eigenvalue weighted by Crippen LogP contribution is 2.18. The van der Waals surface area contributed by atoms with E-state index < -0.39 is 0 Å². The molecular formula is C13H15N3OS.